The summed E-state index contributed by atoms with van der Waals surface area (Å²) in [6.07, 6.45) is 1.75. The van der Waals surface area contributed by atoms with Crippen LogP contribution in [0, 0.1) is 0 Å². The van der Waals surface area contributed by atoms with E-state index in [1.165, 1.54) is 0 Å². The third kappa shape index (κ3) is 2.86. The number of alkyl halides is 1. The average Bonchev–Trinajstić information content (AvgIpc) is 1.90. The van der Waals surface area contributed by atoms with Crippen LogP contribution in [-0.2, 0) is 5.88 Å². The molecule has 1 rings (SSSR count). The SMILES string of the molecule is Cl.ClCc1ccc(Br)nc1. The molecule has 1 aromatic rings. The highest BCUT2D eigenvalue weighted by Gasteiger charge is 1.88. The highest BCUT2D eigenvalue weighted by molar-refractivity contribution is 9.10. The van der Waals surface area contributed by atoms with E-state index in [0.717, 1.165) is 10.2 Å². The van der Waals surface area contributed by atoms with Gasteiger partial charge in [0.05, 0.1) is 0 Å². The molecular formula is C6H6BrCl2N. The second-order valence-corrected chi connectivity index (χ2v) is 2.70. The van der Waals surface area contributed by atoms with Crippen molar-refractivity contribution in [1.29, 1.82) is 0 Å². The fraction of sp³-hybridized carbons (Fsp3) is 0.167. The van der Waals surface area contributed by atoms with E-state index in [4.69, 9.17) is 11.6 Å². The summed E-state index contributed by atoms with van der Waals surface area (Å²) in [6, 6.07) is 3.81. The number of halogens is 3. The summed E-state index contributed by atoms with van der Waals surface area (Å²) < 4.78 is 0.844. The number of rotatable bonds is 1. The van der Waals surface area contributed by atoms with Gasteiger partial charge in [-0.3, -0.25) is 0 Å². The largest absolute Gasteiger partial charge is 0.249 e. The molecule has 0 spiro atoms. The van der Waals surface area contributed by atoms with Crippen LogP contribution >= 0.6 is 39.9 Å². The molecule has 0 unspecified atom stereocenters. The van der Waals surface area contributed by atoms with E-state index >= 15 is 0 Å². The Bertz CT molecular complexity index is 187. The summed E-state index contributed by atoms with van der Waals surface area (Å²) in [5, 5.41) is 0. The van der Waals surface area contributed by atoms with E-state index in [2.05, 4.69) is 20.9 Å². The molecule has 4 heteroatoms. The first-order valence-electron chi connectivity index (χ1n) is 2.49. The average molecular weight is 243 g/mol. The van der Waals surface area contributed by atoms with E-state index in [-0.39, 0.29) is 12.4 Å². The van der Waals surface area contributed by atoms with Crippen LogP contribution < -0.4 is 0 Å². The molecule has 1 nitrogen and oxygen atoms in total. The lowest BCUT2D eigenvalue weighted by Gasteiger charge is -1.91. The lowest BCUT2D eigenvalue weighted by Crippen LogP contribution is -1.78. The monoisotopic (exact) mass is 241 g/mol. The Morgan fingerprint density at radius 2 is 2.20 bits per heavy atom. The molecular weight excluding hydrogens is 237 g/mol. The van der Waals surface area contributed by atoms with Crippen molar-refractivity contribution in [3.8, 4) is 0 Å². The number of hydrogen-bond donors (Lipinski definition) is 0. The normalized spacial score (nSPS) is 8.60. The van der Waals surface area contributed by atoms with Crippen LogP contribution in [-0.4, -0.2) is 4.98 Å². The van der Waals surface area contributed by atoms with Crippen LogP contribution in [0.5, 0.6) is 0 Å². The quantitative estimate of drug-likeness (QED) is 0.545. The molecule has 0 atom stereocenters. The van der Waals surface area contributed by atoms with Crippen LogP contribution in [0.2, 0.25) is 0 Å². The highest BCUT2D eigenvalue weighted by Crippen LogP contribution is 2.07. The van der Waals surface area contributed by atoms with Gasteiger partial charge < -0.3 is 0 Å². The third-order valence-electron chi connectivity index (χ3n) is 0.943. The van der Waals surface area contributed by atoms with Crippen molar-refractivity contribution in [3.05, 3.63) is 28.5 Å². The Morgan fingerprint density at radius 3 is 2.60 bits per heavy atom. The van der Waals surface area contributed by atoms with E-state index in [0.29, 0.717) is 5.88 Å². The van der Waals surface area contributed by atoms with Crippen LogP contribution in [0.4, 0.5) is 0 Å². The standard InChI is InChI=1S/C6H5BrClN.ClH/c7-6-2-1-5(3-8)4-9-6;/h1-2,4H,3H2;1H. The zero-order valence-electron chi connectivity index (χ0n) is 5.05. The zero-order valence-corrected chi connectivity index (χ0v) is 8.21. The molecule has 0 saturated carbocycles. The van der Waals surface area contributed by atoms with E-state index in [1.54, 1.807) is 6.20 Å². The van der Waals surface area contributed by atoms with Crippen molar-refractivity contribution < 1.29 is 0 Å². The van der Waals surface area contributed by atoms with Crippen molar-refractivity contribution >= 4 is 39.9 Å². The Hall–Kier alpha value is 0.210. The topological polar surface area (TPSA) is 12.9 Å². The maximum absolute atomic E-state index is 5.52. The van der Waals surface area contributed by atoms with Crippen LogP contribution in [0.25, 0.3) is 0 Å². The second kappa shape index (κ2) is 4.94. The molecule has 0 saturated heterocycles. The molecule has 56 valence electrons. The lowest BCUT2D eigenvalue weighted by molar-refractivity contribution is 1.21. The van der Waals surface area contributed by atoms with Gasteiger partial charge in [0.25, 0.3) is 0 Å². The minimum atomic E-state index is 0. The van der Waals surface area contributed by atoms with Gasteiger partial charge in [-0.15, -0.1) is 24.0 Å². The minimum Gasteiger partial charge on any atom is -0.249 e. The van der Waals surface area contributed by atoms with E-state index in [1.807, 2.05) is 12.1 Å². The first-order valence-corrected chi connectivity index (χ1v) is 3.82. The van der Waals surface area contributed by atoms with Crippen LogP contribution in [0.1, 0.15) is 5.56 Å². The predicted octanol–water partition coefficient (Wildman–Crippen LogP) is 3.00. The summed E-state index contributed by atoms with van der Waals surface area (Å²) in [6.45, 7) is 0. The molecule has 0 aliphatic heterocycles. The first kappa shape index (κ1) is 10.2. The van der Waals surface area contributed by atoms with Gasteiger partial charge in [0.15, 0.2) is 0 Å². The van der Waals surface area contributed by atoms with Crippen molar-refractivity contribution in [2.45, 2.75) is 5.88 Å². The van der Waals surface area contributed by atoms with Gasteiger partial charge in [-0.25, -0.2) is 4.98 Å². The smallest absolute Gasteiger partial charge is 0.106 e. The summed E-state index contributed by atoms with van der Waals surface area (Å²) >= 11 is 8.74. The molecule has 0 aliphatic rings. The summed E-state index contributed by atoms with van der Waals surface area (Å²) in [5.41, 5.74) is 1.04. The number of nitrogens with zero attached hydrogens (tertiary/aromatic N) is 1. The van der Waals surface area contributed by atoms with Crippen LogP contribution in [0.3, 0.4) is 0 Å². The Labute approximate surface area is 79.3 Å². The van der Waals surface area contributed by atoms with Gasteiger partial charge in [-0.2, -0.15) is 0 Å². The molecule has 1 heterocycles. The van der Waals surface area contributed by atoms with Crippen molar-refractivity contribution in [3.63, 3.8) is 0 Å². The fourth-order valence-corrected chi connectivity index (χ4v) is 0.878. The van der Waals surface area contributed by atoms with Crippen molar-refractivity contribution in [1.82, 2.24) is 4.98 Å². The maximum Gasteiger partial charge on any atom is 0.106 e. The molecule has 0 fully saturated rings. The molecule has 0 radical (unpaired) electrons. The fourth-order valence-electron chi connectivity index (χ4n) is 0.485. The Balaban J connectivity index is 0.000000810. The number of pyridine rings is 1. The number of aromatic nitrogens is 1. The maximum atomic E-state index is 5.52. The van der Waals surface area contributed by atoms with E-state index < -0.39 is 0 Å². The molecule has 0 aliphatic carbocycles. The van der Waals surface area contributed by atoms with Crippen LogP contribution in [0.15, 0.2) is 22.9 Å². The third-order valence-corrected chi connectivity index (χ3v) is 1.72. The molecule has 0 aromatic carbocycles. The van der Waals surface area contributed by atoms with Gasteiger partial charge in [0.1, 0.15) is 4.60 Å². The zero-order chi connectivity index (χ0) is 6.69. The summed E-state index contributed by atoms with van der Waals surface area (Å²) in [4.78, 5) is 3.98. The van der Waals surface area contributed by atoms with Gasteiger partial charge in [-0.05, 0) is 27.6 Å². The molecule has 1 aromatic heterocycles. The lowest BCUT2D eigenvalue weighted by atomic mass is 10.3. The molecule has 0 bridgehead atoms. The summed E-state index contributed by atoms with van der Waals surface area (Å²) in [5.74, 6) is 0.528. The molecule has 0 N–H and O–H groups in total. The Kier molecular flexibility index (Phi) is 5.04. The predicted molar refractivity (Wildman–Crippen MR) is 48.7 cm³/mol. The van der Waals surface area contributed by atoms with Gasteiger partial charge in [0, 0.05) is 12.1 Å². The second-order valence-electron chi connectivity index (χ2n) is 1.62. The minimum absolute atomic E-state index is 0. The van der Waals surface area contributed by atoms with Gasteiger partial charge in [0.2, 0.25) is 0 Å². The van der Waals surface area contributed by atoms with E-state index in [9.17, 15) is 0 Å². The molecule has 0 amide bonds. The van der Waals surface area contributed by atoms with Gasteiger partial charge >= 0.3 is 0 Å². The van der Waals surface area contributed by atoms with Crippen molar-refractivity contribution in [2.24, 2.45) is 0 Å². The van der Waals surface area contributed by atoms with Crippen molar-refractivity contribution in [2.75, 3.05) is 0 Å². The first-order chi connectivity index (χ1) is 4.33. The Morgan fingerprint density at radius 1 is 1.50 bits per heavy atom. The molecule has 10 heavy (non-hydrogen) atoms. The number of hydrogen-bond acceptors (Lipinski definition) is 1. The highest BCUT2D eigenvalue weighted by atomic mass is 79.9. The summed E-state index contributed by atoms with van der Waals surface area (Å²) in [7, 11) is 0. The van der Waals surface area contributed by atoms with Gasteiger partial charge in [-0.1, -0.05) is 6.07 Å².